The van der Waals surface area contributed by atoms with Crippen LogP contribution in [0.3, 0.4) is 0 Å². The normalized spacial score (nSPS) is 25.8. The molecule has 2 unspecified atom stereocenters. The fourth-order valence-corrected chi connectivity index (χ4v) is 17.4. The molecular weight excluding hydrogens is 1310 g/mol. The van der Waals surface area contributed by atoms with E-state index in [-0.39, 0.29) is 72.5 Å². The first kappa shape index (κ1) is 70.3. The van der Waals surface area contributed by atoms with Crippen molar-refractivity contribution in [3.8, 4) is 11.1 Å². The van der Waals surface area contributed by atoms with Gasteiger partial charge in [-0.3, -0.25) is 43.7 Å². The number of para-hydroxylation sites is 1. The van der Waals surface area contributed by atoms with E-state index in [4.69, 9.17) is 24.3 Å². The summed E-state index contributed by atoms with van der Waals surface area (Å²) in [6.45, 7) is 12.5. The molecule has 4 bridgehead atoms. The number of carbonyl (C=O) groups excluding carboxylic acids is 7. The van der Waals surface area contributed by atoms with E-state index in [2.05, 4.69) is 50.4 Å². The number of amides is 7. The van der Waals surface area contributed by atoms with Crippen LogP contribution in [0.15, 0.2) is 79.3 Å². The summed E-state index contributed by atoms with van der Waals surface area (Å²) < 4.78 is 23.0. The largest absolute Gasteiger partial charge is 0.479 e. The Hall–Kier alpha value is -9.53. The van der Waals surface area contributed by atoms with Gasteiger partial charge in [0.05, 0.1) is 53.3 Å². The molecule has 7 heterocycles. The van der Waals surface area contributed by atoms with Crippen LogP contribution in [0.4, 0.5) is 21.4 Å². The molecule has 0 radical (unpaired) electrons. The number of aromatic carboxylic acids is 1. The molecule has 7 amide bonds. The molecule has 4 aliphatic carbocycles. The van der Waals surface area contributed by atoms with E-state index in [1.54, 1.807) is 50.6 Å². The molecule has 530 valence electrons. The van der Waals surface area contributed by atoms with Crippen molar-refractivity contribution in [2.75, 3.05) is 41.8 Å². The Balaban J connectivity index is 0.671. The summed E-state index contributed by atoms with van der Waals surface area (Å²) in [7, 11) is 0. The van der Waals surface area contributed by atoms with Crippen molar-refractivity contribution < 1.29 is 82.9 Å². The highest BCUT2D eigenvalue weighted by molar-refractivity contribution is 7.22. The average Bonchev–Trinajstić information content (AvgIpc) is 1.43. The lowest BCUT2D eigenvalue weighted by Gasteiger charge is -2.69. The van der Waals surface area contributed by atoms with Crippen molar-refractivity contribution in [2.24, 2.45) is 22.2 Å². The Morgan fingerprint density at radius 2 is 1.54 bits per heavy atom. The number of hydrogen-bond acceptors (Lipinski definition) is 21. The summed E-state index contributed by atoms with van der Waals surface area (Å²) in [5, 5.41) is 71.1. The lowest BCUT2D eigenvalue weighted by molar-refractivity contribution is -0.247. The molecule has 4 aromatic heterocycles. The number of benzene rings is 2. The predicted molar refractivity (Wildman–Crippen MR) is 359 cm³/mol. The Bertz CT molecular complexity index is 4210. The molecule has 0 spiro atoms. The van der Waals surface area contributed by atoms with Crippen molar-refractivity contribution in [3.05, 3.63) is 113 Å². The number of carboxylic acid groups (broad SMARTS) is 2. The van der Waals surface area contributed by atoms with Gasteiger partial charge in [0.15, 0.2) is 22.6 Å². The van der Waals surface area contributed by atoms with Crippen molar-refractivity contribution in [2.45, 2.75) is 167 Å². The number of aliphatic hydroxyl groups is 3. The number of fused-ring (bicyclic) bond motifs is 2. The first-order valence-electron chi connectivity index (χ1n) is 33.3. The third kappa shape index (κ3) is 14.7. The second-order valence-electron chi connectivity index (χ2n) is 28.5. The summed E-state index contributed by atoms with van der Waals surface area (Å²) >= 11 is 1.37. The number of aromatic nitrogens is 6. The fourth-order valence-electron chi connectivity index (χ4n) is 16.6. The van der Waals surface area contributed by atoms with Crippen LogP contribution in [0.25, 0.3) is 21.3 Å². The molecule has 4 saturated carbocycles. The van der Waals surface area contributed by atoms with Crippen molar-refractivity contribution in [3.63, 3.8) is 0 Å². The average molecular weight is 1400 g/mol. The number of aliphatic hydroxyl groups excluding tert-OH is 3. The number of imide groups is 1. The molecular formula is C69H81N13O17S. The zero-order valence-corrected chi connectivity index (χ0v) is 56.9. The minimum atomic E-state index is -1.91. The molecule has 5 fully saturated rings. The smallest absolute Gasteiger partial charge is 0.407 e. The van der Waals surface area contributed by atoms with Gasteiger partial charge in [-0.1, -0.05) is 57.2 Å². The second-order valence-corrected chi connectivity index (χ2v) is 29.5. The summed E-state index contributed by atoms with van der Waals surface area (Å²) in [5.74, 6) is -6.71. The topological polar surface area (TPSA) is 411 Å². The number of ether oxygens (including phenoxy) is 3. The van der Waals surface area contributed by atoms with Gasteiger partial charge in [-0.15, -0.1) is 0 Å². The van der Waals surface area contributed by atoms with Crippen LogP contribution in [-0.2, 0) is 75.6 Å². The van der Waals surface area contributed by atoms with Gasteiger partial charge < -0.3 is 70.5 Å². The third-order valence-electron chi connectivity index (χ3n) is 20.1. The Kier molecular flexibility index (Phi) is 19.6. The number of aryl methyl sites for hydroxylation is 1. The zero-order chi connectivity index (χ0) is 71.3. The van der Waals surface area contributed by atoms with Crippen LogP contribution >= 0.6 is 11.3 Å². The number of pyridine rings is 1. The van der Waals surface area contributed by atoms with Crippen LogP contribution in [0.5, 0.6) is 0 Å². The number of carboxylic acids is 2. The van der Waals surface area contributed by atoms with E-state index in [9.17, 15) is 68.7 Å². The molecule has 1 saturated heterocycles. The number of nitrogens with one attached hydrogen (secondary N) is 5. The monoisotopic (exact) mass is 1400 g/mol. The van der Waals surface area contributed by atoms with Gasteiger partial charge in [0.25, 0.3) is 17.7 Å². The van der Waals surface area contributed by atoms with E-state index >= 15 is 0 Å². The molecule has 7 aliphatic rings. The molecule has 100 heavy (non-hydrogen) atoms. The number of thiazole rings is 1. The van der Waals surface area contributed by atoms with Crippen molar-refractivity contribution in [1.29, 1.82) is 0 Å². The fraction of sp³-hybridized carbons (Fsp3) is 0.493. The first-order valence-corrected chi connectivity index (χ1v) is 34.1. The van der Waals surface area contributed by atoms with Crippen molar-refractivity contribution in [1.82, 2.24) is 50.1 Å². The lowest BCUT2D eigenvalue weighted by Crippen LogP contribution is -2.64. The van der Waals surface area contributed by atoms with Crippen LogP contribution in [0.2, 0.25) is 0 Å². The van der Waals surface area contributed by atoms with Gasteiger partial charge in [-0.2, -0.15) is 5.10 Å². The Labute approximate surface area is 577 Å². The van der Waals surface area contributed by atoms with E-state index in [0.717, 1.165) is 71.5 Å². The highest BCUT2D eigenvalue weighted by Crippen LogP contribution is 2.72. The highest BCUT2D eigenvalue weighted by atomic mass is 32.1. The Morgan fingerprint density at radius 1 is 0.800 bits per heavy atom. The maximum atomic E-state index is 13.6. The number of anilines is 3. The first-order chi connectivity index (χ1) is 47.5. The van der Waals surface area contributed by atoms with Gasteiger partial charge in [0, 0.05) is 60.8 Å². The Morgan fingerprint density at radius 3 is 2.25 bits per heavy atom. The molecule has 6 aromatic rings. The van der Waals surface area contributed by atoms with E-state index < -0.39 is 114 Å². The molecule has 10 N–H and O–H groups in total. The SMILES string of the molecule is Cc1c(-c2ccc(N3CCn4cnc(C(=O)Nc5nc6ccccc6s5)c4C3)nc2C(=O)O)cnn1CC12CC3(C)CC(C)(C1)CC(OCCNC(=O)OCc1ccc(NC(=O)[C@H](C)NC(=O)[C@@H](NC(=O)CN4C(=O)C=CC4=O)C(C)C)cc1CC[C@@H]1O[C@H](C(=O)O)[C@@H](O)[C@@H](O)[C@H]1O)(C3)C2. The molecule has 31 heteroatoms. The molecule has 13 rings (SSSR count). The van der Waals surface area contributed by atoms with Gasteiger partial charge in [0.2, 0.25) is 17.7 Å². The minimum Gasteiger partial charge on any atom is -0.479 e. The number of carbonyl (C=O) groups is 9. The number of aliphatic carboxylic acids is 1. The highest BCUT2D eigenvalue weighted by Gasteiger charge is 2.66. The summed E-state index contributed by atoms with van der Waals surface area (Å²) in [6.07, 6.45) is 1.23. The van der Waals surface area contributed by atoms with E-state index in [0.29, 0.717) is 58.5 Å². The number of rotatable bonds is 25. The van der Waals surface area contributed by atoms with Crippen molar-refractivity contribution >= 4 is 91.7 Å². The summed E-state index contributed by atoms with van der Waals surface area (Å²) in [4.78, 5) is 133. The lowest BCUT2D eigenvalue weighted by atomic mass is 9.39. The summed E-state index contributed by atoms with van der Waals surface area (Å²) in [5.41, 5.74) is 3.64. The number of imidazole rings is 1. The number of nitrogens with zero attached hydrogens (tertiary/aromatic N) is 8. The molecule has 3 aliphatic heterocycles. The van der Waals surface area contributed by atoms with Crippen LogP contribution < -0.4 is 31.5 Å². The maximum absolute atomic E-state index is 13.6. The van der Waals surface area contributed by atoms with Gasteiger partial charge in [-0.05, 0) is 135 Å². The van der Waals surface area contributed by atoms with Gasteiger partial charge in [-0.25, -0.2) is 29.3 Å². The van der Waals surface area contributed by atoms with E-state index in [1.165, 1.54) is 24.3 Å². The summed E-state index contributed by atoms with van der Waals surface area (Å²) in [6, 6.07) is 13.5. The second kappa shape index (κ2) is 27.9. The van der Waals surface area contributed by atoms with Crippen LogP contribution in [-0.4, -0.2) is 188 Å². The predicted octanol–water partition coefficient (Wildman–Crippen LogP) is 4.47. The molecule has 2 aromatic carbocycles. The van der Waals surface area contributed by atoms with Crippen LogP contribution in [0, 0.1) is 29.1 Å². The molecule has 9 atom stereocenters. The maximum Gasteiger partial charge on any atom is 0.407 e. The molecule has 30 nitrogen and oxygen atoms in total. The van der Waals surface area contributed by atoms with Gasteiger partial charge >= 0.3 is 18.0 Å². The van der Waals surface area contributed by atoms with Crippen LogP contribution in [0.1, 0.15) is 123 Å². The quantitative estimate of drug-likeness (QED) is 0.0279. The zero-order valence-electron chi connectivity index (χ0n) is 56.1. The van der Waals surface area contributed by atoms with Gasteiger partial charge in [0.1, 0.15) is 49.4 Å². The number of hydrogen-bond donors (Lipinski definition) is 10. The third-order valence-corrected chi connectivity index (χ3v) is 21.0. The number of alkyl carbamates (subject to hydrolysis) is 1. The standard InChI is InChI=1S/C69H81N13O17S/c1-36(2)52(77-49(83)26-81-50(84)17-18-51(81)85)60(90)73-37(3)59(89)74-41-13-11-40(39(23-41)12-15-46-55(86)56(87)57(88)58(99-46)63(94)95)27-97-65(96)70-19-22-98-69-31-66(5)28-67(6,32-69)30-68(29-66,33-69)34-82-38(4)43(24-72-82)42-14-16-48(76-53(42)62(92)93)79-20-21-80-35-71-54(45(80)25-79)61(91)78-64-75-44-9-7-8-10-47(44)100-64/h7-11,13-14,16-18,23-24,35-37,46,52,55-58,86-88H,12,15,19-22,25-34H2,1-6H3,(H,70,96)(H,73,90)(H,74,89)(H,77,83)(H,92,93)(H,94,95)(H,75,78,91)/t37-,46-,52-,55-,56-,57-,58-,66?,67?,68?,69?/m0/s1. The van der Waals surface area contributed by atoms with E-state index in [1.807, 2.05) is 45.3 Å². The minimum absolute atomic E-state index is 0.00943.